The van der Waals surface area contributed by atoms with Crippen molar-refractivity contribution in [2.24, 2.45) is 10.7 Å². The number of halogens is 1. The van der Waals surface area contributed by atoms with Gasteiger partial charge in [0.25, 0.3) is 0 Å². The number of fused-ring (bicyclic) bond motifs is 3. The van der Waals surface area contributed by atoms with Crippen LogP contribution in [0.3, 0.4) is 0 Å². The molecule has 0 fully saturated rings. The number of ether oxygens (including phenoxy) is 1. The Balaban J connectivity index is 1.56. The van der Waals surface area contributed by atoms with E-state index in [0.29, 0.717) is 28.4 Å². The monoisotopic (exact) mass is 389 g/mol. The average molecular weight is 390 g/mol. The Kier molecular flexibility index (Phi) is 3.91. The first kappa shape index (κ1) is 16.6. The molecule has 1 atom stereocenters. The second-order valence-electron chi connectivity index (χ2n) is 6.44. The molecule has 4 aromatic rings. The van der Waals surface area contributed by atoms with E-state index in [2.05, 4.69) is 15.3 Å². The summed E-state index contributed by atoms with van der Waals surface area (Å²) in [6.45, 7) is 0. The van der Waals surface area contributed by atoms with Gasteiger partial charge in [-0.25, -0.2) is 9.98 Å². The Morgan fingerprint density at radius 2 is 1.79 bits per heavy atom. The quantitative estimate of drug-likeness (QED) is 0.529. The molecule has 6 nitrogen and oxygen atoms in total. The number of hydrogen-bond donors (Lipinski definition) is 2. The maximum atomic E-state index is 6.02. The van der Waals surface area contributed by atoms with Crippen molar-refractivity contribution in [3.8, 4) is 11.5 Å². The van der Waals surface area contributed by atoms with E-state index in [9.17, 15) is 0 Å². The van der Waals surface area contributed by atoms with E-state index in [1.807, 2.05) is 65.2 Å². The summed E-state index contributed by atoms with van der Waals surface area (Å²) < 4.78 is 8.00. The van der Waals surface area contributed by atoms with Crippen molar-refractivity contribution in [2.45, 2.75) is 6.17 Å². The van der Waals surface area contributed by atoms with Gasteiger partial charge in [0, 0.05) is 10.6 Å². The van der Waals surface area contributed by atoms with E-state index >= 15 is 0 Å². The van der Waals surface area contributed by atoms with Gasteiger partial charge in [0.1, 0.15) is 11.5 Å². The number of nitrogens with zero attached hydrogens (tertiary/aromatic N) is 3. The number of imidazole rings is 1. The summed E-state index contributed by atoms with van der Waals surface area (Å²) in [7, 11) is 0. The first-order chi connectivity index (χ1) is 13.7. The number of rotatable bonds is 3. The predicted octanol–water partition coefficient (Wildman–Crippen LogP) is 4.77. The van der Waals surface area contributed by atoms with Crippen LogP contribution in [0, 0.1) is 0 Å². The maximum absolute atomic E-state index is 6.02. The second-order valence-corrected chi connectivity index (χ2v) is 6.87. The maximum Gasteiger partial charge on any atom is 0.212 e. The lowest BCUT2D eigenvalue weighted by molar-refractivity contribution is 0.480. The van der Waals surface area contributed by atoms with Crippen LogP contribution in [0.2, 0.25) is 5.02 Å². The van der Waals surface area contributed by atoms with E-state index in [1.165, 1.54) is 0 Å². The molecule has 1 aromatic heterocycles. The molecule has 0 aliphatic carbocycles. The number of para-hydroxylation sites is 2. The van der Waals surface area contributed by atoms with Gasteiger partial charge in [-0.1, -0.05) is 35.9 Å². The van der Waals surface area contributed by atoms with Gasteiger partial charge >= 0.3 is 0 Å². The number of anilines is 1. The van der Waals surface area contributed by atoms with Crippen molar-refractivity contribution in [3.63, 3.8) is 0 Å². The average Bonchev–Trinajstić information content (AvgIpc) is 3.07. The van der Waals surface area contributed by atoms with E-state index < -0.39 is 0 Å². The van der Waals surface area contributed by atoms with Crippen LogP contribution >= 0.6 is 11.6 Å². The summed E-state index contributed by atoms with van der Waals surface area (Å²) in [6, 6.07) is 23.0. The van der Waals surface area contributed by atoms with Crippen LogP contribution in [0.1, 0.15) is 11.7 Å². The van der Waals surface area contributed by atoms with E-state index in [0.717, 1.165) is 16.6 Å². The van der Waals surface area contributed by atoms with Gasteiger partial charge in [0.05, 0.1) is 11.0 Å². The van der Waals surface area contributed by atoms with Crippen LogP contribution < -0.4 is 15.8 Å². The SMILES string of the molecule is NC1=NC(c2cccc(Oc3ccc(Cl)cc3)c2)n2c(nc3ccccc32)N1. The van der Waals surface area contributed by atoms with Crippen LogP contribution in [0.25, 0.3) is 11.0 Å². The number of aromatic nitrogens is 2. The van der Waals surface area contributed by atoms with Gasteiger partial charge < -0.3 is 10.5 Å². The highest BCUT2D eigenvalue weighted by molar-refractivity contribution is 6.30. The van der Waals surface area contributed by atoms with Crippen molar-refractivity contribution in [1.82, 2.24) is 9.55 Å². The Morgan fingerprint density at radius 3 is 2.64 bits per heavy atom. The predicted molar refractivity (Wildman–Crippen MR) is 111 cm³/mol. The Morgan fingerprint density at radius 1 is 0.964 bits per heavy atom. The third-order valence-electron chi connectivity index (χ3n) is 4.55. The summed E-state index contributed by atoms with van der Waals surface area (Å²) in [5.41, 5.74) is 8.83. The van der Waals surface area contributed by atoms with E-state index in [-0.39, 0.29) is 6.17 Å². The zero-order chi connectivity index (χ0) is 19.1. The fraction of sp³-hybridized carbons (Fsp3) is 0.0476. The number of benzene rings is 3. The molecule has 0 saturated carbocycles. The molecule has 0 amide bonds. The Bertz CT molecular complexity index is 1200. The van der Waals surface area contributed by atoms with Crippen molar-refractivity contribution >= 4 is 34.5 Å². The highest BCUT2D eigenvalue weighted by Gasteiger charge is 2.25. The zero-order valence-electron chi connectivity index (χ0n) is 14.7. The van der Waals surface area contributed by atoms with Gasteiger partial charge in [-0.05, 0) is 48.5 Å². The smallest absolute Gasteiger partial charge is 0.212 e. The fourth-order valence-corrected chi connectivity index (χ4v) is 3.44. The number of nitrogens with one attached hydrogen (secondary N) is 1. The second kappa shape index (κ2) is 6.58. The molecule has 1 aliphatic rings. The van der Waals surface area contributed by atoms with Crippen molar-refractivity contribution in [3.05, 3.63) is 83.4 Å². The minimum atomic E-state index is -0.336. The molecule has 1 unspecified atom stereocenters. The summed E-state index contributed by atoms with van der Waals surface area (Å²) in [4.78, 5) is 9.23. The Hall–Kier alpha value is -3.51. The molecule has 0 spiro atoms. The summed E-state index contributed by atoms with van der Waals surface area (Å²) >= 11 is 5.94. The molecule has 0 bridgehead atoms. The molecule has 3 aromatic carbocycles. The number of aliphatic imine (C=N–C) groups is 1. The lowest BCUT2D eigenvalue weighted by atomic mass is 10.1. The van der Waals surface area contributed by atoms with Crippen LogP contribution in [-0.4, -0.2) is 15.5 Å². The highest BCUT2D eigenvalue weighted by Crippen LogP contribution is 2.34. The molecule has 138 valence electrons. The fourth-order valence-electron chi connectivity index (χ4n) is 3.32. The molecule has 0 saturated heterocycles. The summed E-state index contributed by atoms with van der Waals surface area (Å²) in [5, 5.41) is 3.71. The lowest BCUT2D eigenvalue weighted by Crippen LogP contribution is -2.31. The molecule has 3 N–H and O–H groups in total. The first-order valence-electron chi connectivity index (χ1n) is 8.78. The molecule has 28 heavy (non-hydrogen) atoms. The molecule has 2 heterocycles. The third-order valence-corrected chi connectivity index (χ3v) is 4.80. The number of guanidine groups is 1. The minimum absolute atomic E-state index is 0.330. The van der Waals surface area contributed by atoms with Crippen LogP contribution in [0.5, 0.6) is 11.5 Å². The standard InChI is InChI=1S/C21H16ClN5O/c22-14-8-10-15(11-9-14)28-16-5-3-4-13(12-16)19-25-20(23)26-21-24-17-6-1-2-7-18(17)27(19)21/h1-12,19H,(H3,23,24,25,26). The number of nitrogens with two attached hydrogens (primary N) is 1. The topological polar surface area (TPSA) is 77.5 Å². The zero-order valence-corrected chi connectivity index (χ0v) is 15.5. The van der Waals surface area contributed by atoms with Crippen molar-refractivity contribution < 1.29 is 4.74 Å². The van der Waals surface area contributed by atoms with Gasteiger partial charge in [-0.3, -0.25) is 9.88 Å². The highest BCUT2D eigenvalue weighted by atomic mass is 35.5. The third kappa shape index (κ3) is 2.93. The molecule has 1 aliphatic heterocycles. The van der Waals surface area contributed by atoms with Crippen molar-refractivity contribution in [2.75, 3.05) is 5.32 Å². The molecule has 5 rings (SSSR count). The van der Waals surface area contributed by atoms with Gasteiger partial charge in [-0.15, -0.1) is 0 Å². The summed E-state index contributed by atoms with van der Waals surface area (Å²) in [5.74, 6) is 2.42. The molecular weight excluding hydrogens is 374 g/mol. The molecule has 0 radical (unpaired) electrons. The van der Waals surface area contributed by atoms with Crippen LogP contribution in [-0.2, 0) is 0 Å². The largest absolute Gasteiger partial charge is 0.457 e. The molecular formula is C21H16ClN5O. The van der Waals surface area contributed by atoms with E-state index in [1.54, 1.807) is 12.1 Å². The van der Waals surface area contributed by atoms with E-state index in [4.69, 9.17) is 22.1 Å². The number of hydrogen-bond acceptors (Lipinski definition) is 5. The molecule has 7 heteroatoms. The lowest BCUT2D eigenvalue weighted by Gasteiger charge is -2.24. The van der Waals surface area contributed by atoms with Gasteiger partial charge in [0.15, 0.2) is 12.1 Å². The van der Waals surface area contributed by atoms with Crippen molar-refractivity contribution in [1.29, 1.82) is 0 Å². The first-order valence-corrected chi connectivity index (χ1v) is 9.16. The van der Waals surface area contributed by atoms with Crippen LogP contribution in [0.15, 0.2) is 77.8 Å². The summed E-state index contributed by atoms with van der Waals surface area (Å²) in [6.07, 6.45) is -0.336. The normalized spacial score (nSPS) is 15.6. The minimum Gasteiger partial charge on any atom is -0.457 e. The Labute approximate surface area is 166 Å². The van der Waals surface area contributed by atoms with Crippen LogP contribution in [0.4, 0.5) is 5.95 Å². The van der Waals surface area contributed by atoms with Gasteiger partial charge in [-0.2, -0.15) is 0 Å². The van der Waals surface area contributed by atoms with Gasteiger partial charge in [0.2, 0.25) is 5.95 Å².